The molecule has 0 aromatic carbocycles. The van der Waals surface area contributed by atoms with Crippen LogP contribution in [0.1, 0.15) is 20.3 Å². The lowest BCUT2D eigenvalue weighted by atomic mass is 9.99. The van der Waals surface area contributed by atoms with E-state index in [9.17, 15) is 22.8 Å². The summed E-state index contributed by atoms with van der Waals surface area (Å²) in [7, 11) is 0. The van der Waals surface area contributed by atoms with Crippen LogP contribution in [-0.2, 0) is 4.79 Å². The summed E-state index contributed by atoms with van der Waals surface area (Å²) in [6.07, 6.45) is -5.45. The number of urea groups is 1. The first-order chi connectivity index (χ1) is 8.60. The lowest BCUT2D eigenvalue weighted by Crippen LogP contribution is -2.44. The fourth-order valence-electron chi connectivity index (χ4n) is 2.15. The second kappa shape index (κ2) is 5.66. The Morgan fingerprint density at radius 3 is 2.42 bits per heavy atom. The van der Waals surface area contributed by atoms with Crippen molar-refractivity contribution in [2.75, 3.05) is 13.1 Å². The van der Waals surface area contributed by atoms with Crippen molar-refractivity contribution in [2.45, 2.75) is 32.5 Å². The van der Waals surface area contributed by atoms with Gasteiger partial charge in [-0.25, -0.2) is 4.79 Å². The molecule has 5 nitrogen and oxygen atoms in total. The smallest absolute Gasteiger partial charge is 0.391 e. The highest BCUT2D eigenvalue weighted by molar-refractivity contribution is 5.77. The van der Waals surface area contributed by atoms with Gasteiger partial charge in [0.05, 0.1) is 12.3 Å². The molecule has 3 atom stereocenters. The van der Waals surface area contributed by atoms with E-state index in [1.165, 1.54) is 11.8 Å². The predicted molar refractivity (Wildman–Crippen MR) is 60.5 cm³/mol. The van der Waals surface area contributed by atoms with Gasteiger partial charge in [0.2, 0.25) is 0 Å². The third-order valence-corrected chi connectivity index (χ3v) is 3.12. The van der Waals surface area contributed by atoms with Crippen LogP contribution >= 0.6 is 0 Å². The zero-order valence-electron chi connectivity index (χ0n) is 10.7. The number of aliphatic carboxylic acids is 1. The van der Waals surface area contributed by atoms with E-state index in [0.29, 0.717) is 0 Å². The van der Waals surface area contributed by atoms with Gasteiger partial charge < -0.3 is 15.3 Å². The number of alkyl halides is 3. The monoisotopic (exact) mass is 282 g/mol. The number of amides is 2. The Morgan fingerprint density at radius 1 is 1.42 bits per heavy atom. The number of likely N-dealkylation sites (tertiary alicyclic amines) is 1. The zero-order valence-corrected chi connectivity index (χ0v) is 10.7. The van der Waals surface area contributed by atoms with Crippen molar-refractivity contribution >= 4 is 12.0 Å². The molecular weight excluding hydrogens is 265 g/mol. The predicted octanol–water partition coefficient (Wildman–Crippen LogP) is 1.69. The van der Waals surface area contributed by atoms with Gasteiger partial charge in [0.1, 0.15) is 0 Å². The molecule has 1 heterocycles. The van der Waals surface area contributed by atoms with Crippen molar-refractivity contribution in [3.8, 4) is 0 Å². The molecule has 0 aromatic rings. The first-order valence-electron chi connectivity index (χ1n) is 5.95. The van der Waals surface area contributed by atoms with Crippen LogP contribution in [0.15, 0.2) is 0 Å². The van der Waals surface area contributed by atoms with E-state index < -0.39 is 36.6 Å². The van der Waals surface area contributed by atoms with E-state index in [2.05, 4.69) is 5.32 Å². The fourth-order valence-corrected chi connectivity index (χ4v) is 2.15. The van der Waals surface area contributed by atoms with E-state index in [1.807, 2.05) is 0 Å². The Bertz CT molecular complexity index is 360. The fraction of sp³-hybridized carbons (Fsp3) is 0.818. The number of halogens is 3. The second-order valence-electron chi connectivity index (χ2n) is 5.00. The molecule has 0 aromatic heterocycles. The minimum Gasteiger partial charge on any atom is -0.481 e. The van der Waals surface area contributed by atoms with Crippen LogP contribution in [0.25, 0.3) is 0 Å². The van der Waals surface area contributed by atoms with E-state index in [0.717, 1.165) is 0 Å². The summed E-state index contributed by atoms with van der Waals surface area (Å²) < 4.78 is 36.4. The topological polar surface area (TPSA) is 69.6 Å². The normalized spacial score (nSPS) is 25.2. The van der Waals surface area contributed by atoms with Crippen LogP contribution in [0.3, 0.4) is 0 Å². The third kappa shape index (κ3) is 4.60. The molecule has 2 amide bonds. The van der Waals surface area contributed by atoms with Crippen molar-refractivity contribution in [3.63, 3.8) is 0 Å². The van der Waals surface area contributed by atoms with Crippen molar-refractivity contribution in [1.82, 2.24) is 10.2 Å². The summed E-state index contributed by atoms with van der Waals surface area (Å²) in [6, 6.07) is -1.68. The third-order valence-electron chi connectivity index (χ3n) is 3.12. The molecule has 8 heteroatoms. The second-order valence-corrected chi connectivity index (χ2v) is 5.00. The number of carboxylic acid groups (broad SMARTS) is 1. The molecule has 1 unspecified atom stereocenters. The van der Waals surface area contributed by atoms with Gasteiger partial charge in [-0.3, -0.25) is 4.79 Å². The molecule has 0 saturated carbocycles. The molecule has 1 aliphatic heterocycles. The van der Waals surface area contributed by atoms with Crippen LogP contribution in [-0.4, -0.2) is 47.3 Å². The quantitative estimate of drug-likeness (QED) is 0.827. The van der Waals surface area contributed by atoms with Gasteiger partial charge in [-0.05, 0) is 12.8 Å². The van der Waals surface area contributed by atoms with Gasteiger partial charge >= 0.3 is 18.2 Å². The Labute approximate surface area is 108 Å². The largest absolute Gasteiger partial charge is 0.481 e. The number of carboxylic acids is 1. The first kappa shape index (κ1) is 15.6. The molecule has 110 valence electrons. The molecule has 0 spiro atoms. The zero-order chi connectivity index (χ0) is 14.8. The number of nitrogens with one attached hydrogen (secondary N) is 1. The molecule has 1 saturated heterocycles. The Morgan fingerprint density at radius 2 is 2.00 bits per heavy atom. The van der Waals surface area contributed by atoms with Gasteiger partial charge in [-0.2, -0.15) is 13.2 Å². The maximum Gasteiger partial charge on any atom is 0.391 e. The van der Waals surface area contributed by atoms with Crippen molar-refractivity contribution in [1.29, 1.82) is 0 Å². The Kier molecular flexibility index (Phi) is 4.65. The van der Waals surface area contributed by atoms with Crippen LogP contribution < -0.4 is 5.32 Å². The number of carbonyl (C=O) groups excluding carboxylic acids is 1. The number of rotatable bonds is 3. The van der Waals surface area contributed by atoms with E-state index in [1.54, 1.807) is 6.92 Å². The molecule has 1 fully saturated rings. The highest BCUT2D eigenvalue weighted by atomic mass is 19.4. The van der Waals surface area contributed by atoms with E-state index in [-0.39, 0.29) is 19.0 Å². The maximum absolute atomic E-state index is 12.1. The molecule has 1 aliphatic rings. The minimum atomic E-state index is -4.34. The van der Waals surface area contributed by atoms with Gasteiger partial charge in [0, 0.05) is 19.1 Å². The molecule has 0 radical (unpaired) electrons. The molecule has 0 aliphatic carbocycles. The maximum atomic E-state index is 12.1. The summed E-state index contributed by atoms with van der Waals surface area (Å²) in [5.41, 5.74) is 0. The number of carbonyl (C=O) groups is 2. The van der Waals surface area contributed by atoms with Gasteiger partial charge in [-0.1, -0.05) is 6.92 Å². The van der Waals surface area contributed by atoms with Crippen molar-refractivity contribution in [3.05, 3.63) is 0 Å². The standard InChI is InChI=1S/C11H17F3N2O3/c1-6-4-16(5-8(6)9(17)18)10(19)15-7(2)3-11(12,13)14/h6-8H,3-5H2,1-2H3,(H,15,19)(H,17,18)/t6-,7?,8-/m1/s1. The van der Waals surface area contributed by atoms with Crippen LogP contribution in [0, 0.1) is 11.8 Å². The van der Waals surface area contributed by atoms with Crippen LogP contribution in [0.2, 0.25) is 0 Å². The first-order valence-corrected chi connectivity index (χ1v) is 5.95. The average Bonchev–Trinajstić information content (AvgIpc) is 2.57. The summed E-state index contributed by atoms with van der Waals surface area (Å²) in [4.78, 5) is 23.8. The minimum absolute atomic E-state index is 0.0288. The van der Waals surface area contributed by atoms with Gasteiger partial charge in [0.15, 0.2) is 0 Å². The molecular formula is C11H17F3N2O3. The van der Waals surface area contributed by atoms with Gasteiger partial charge in [0.25, 0.3) is 0 Å². The summed E-state index contributed by atoms with van der Waals surface area (Å²) in [6.45, 7) is 3.23. The Balaban J connectivity index is 2.49. The Hall–Kier alpha value is -1.47. The highest BCUT2D eigenvalue weighted by Gasteiger charge is 2.38. The van der Waals surface area contributed by atoms with Crippen LogP contribution in [0.4, 0.5) is 18.0 Å². The number of hydrogen-bond donors (Lipinski definition) is 2. The lowest BCUT2D eigenvalue weighted by molar-refractivity contribution is -0.142. The SMILES string of the molecule is CC(CC(F)(F)F)NC(=O)N1C[C@@H](C)[C@H](C(=O)O)C1. The average molecular weight is 282 g/mol. The lowest BCUT2D eigenvalue weighted by Gasteiger charge is -2.21. The van der Waals surface area contributed by atoms with Gasteiger partial charge in [-0.15, -0.1) is 0 Å². The van der Waals surface area contributed by atoms with E-state index >= 15 is 0 Å². The highest BCUT2D eigenvalue weighted by Crippen LogP contribution is 2.24. The molecule has 2 N–H and O–H groups in total. The summed E-state index contributed by atoms with van der Waals surface area (Å²) in [5.74, 6) is -1.86. The van der Waals surface area contributed by atoms with Crippen LogP contribution in [0.5, 0.6) is 0 Å². The number of hydrogen-bond acceptors (Lipinski definition) is 2. The number of nitrogens with zero attached hydrogens (tertiary/aromatic N) is 1. The summed E-state index contributed by atoms with van der Waals surface area (Å²) in [5, 5.41) is 11.1. The van der Waals surface area contributed by atoms with Crippen molar-refractivity contribution < 1.29 is 27.9 Å². The van der Waals surface area contributed by atoms with Crippen molar-refractivity contribution in [2.24, 2.45) is 11.8 Å². The summed E-state index contributed by atoms with van der Waals surface area (Å²) >= 11 is 0. The van der Waals surface area contributed by atoms with E-state index in [4.69, 9.17) is 5.11 Å². The molecule has 19 heavy (non-hydrogen) atoms. The molecule has 1 rings (SSSR count). The molecule has 0 bridgehead atoms.